The van der Waals surface area contributed by atoms with Gasteiger partial charge in [0.15, 0.2) is 0 Å². The summed E-state index contributed by atoms with van der Waals surface area (Å²) in [6, 6.07) is 12.2. The molecule has 0 unspecified atom stereocenters. The number of hydrogen-bond donors (Lipinski definition) is 2. The minimum Gasteiger partial charge on any atom is -0.494 e. The van der Waals surface area contributed by atoms with Crippen LogP contribution in [0.15, 0.2) is 41.3 Å². The number of ether oxygens (including phenoxy) is 1. The molecule has 2 amide bonds. The zero-order valence-electron chi connectivity index (χ0n) is 21.2. The lowest BCUT2D eigenvalue weighted by atomic mass is 9.91. The van der Waals surface area contributed by atoms with Crippen LogP contribution in [0.1, 0.15) is 48.9 Å². The van der Waals surface area contributed by atoms with Gasteiger partial charge in [-0.25, -0.2) is 10.0 Å². The Balaban J connectivity index is 1.93. The maximum atomic E-state index is 13.6. The first-order valence-electron chi connectivity index (χ1n) is 11.9. The van der Waals surface area contributed by atoms with Crippen molar-refractivity contribution in [3.05, 3.63) is 53.1 Å². The molecule has 0 bridgehead atoms. The number of nitriles is 1. The van der Waals surface area contributed by atoms with Gasteiger partial charge in [-0.2, -0.15) is 5.26 Å². The zero-order chi connectivity index (χ0) is 26.5. The molecule has 1 heterocycles. The summed E-state index contributed by atoms with van der Waals surface area (Å²) in [6.07, 6.45) is 7.01. The van der Waals surface area contributed by atoms with E-state index in [1.807, 2.05) is 25.1 Å². The number of carboxylic acid groups (broad SMARTS) is 1. The Bertz CT molecular complexity index is 1200. The fraction of sp³-hybridized carbons (Fsp3) is 0.407. The third-order valence-electron chi connectivity index (χ3n) is 6.03. The number of benzene rings is 2. The first-order chi connectivity index (χ1) is 17.0. The van der Waals surface area contributed by atoms with Gasteiger partial charge < -0.3 is 20.1 Å². The molecule has 9 heteroatoms. The molecule has 2 N–H and O–H groups in total. The van der Waals surface area contributed by atoms with Gasteiger partial charge in [-0.3, -0.25) is 14.4 Å². The maximum absolute atomic E-state index is 13.6. The van der Waals surface area contributed by atoms with E-state index in [0.29, 0.717) is 42.1 Å². The molecule has 192 valence electrons. The number of carboxylic acids is 1. The van der Waals surface area contributed by atoms with Crippen molar-refractivity contribution in [1.82, 2.24) is 4.90 Å². The Labute approximate surface area is 213 Å². The van der Waals surface area contributed by atoms with Crippen LogP contribution in [0, 0.1) is 11.3 Å². The molecule has 0 radical (unpaired) electrons. The second kappa shape index (κ2) is 11.5. The molecule has 0 spiro atoms. The van der Waals surface area contributed by atoms with Crippen molar-refractivity contribution in [3.63, 3.8) is 0 Å². The van der Waals surface area contributed by atoms with Crippen molar-refractivity contribution in [2.75, 3.05) is 37.2 Å². The van der Waals surface area contributed by atoms with E-state index in [2.05, 4.69) is 30.2 Å². The Hall–Kier alpha value is -3.51. The second-order valence-corrected chi connectivity index (χ2v) is 13.5. The van der Waals surface area contributed by atoms with E-state index in [1.54, 1.807) is 18.2 Å². The number of hydrogen-bond acceptors (Lipinski definition) is 5. The Kier molecular flexibility index (Phi) is 8.64. The highest BCUT2D eigenvalue weighted by Gasteiger charge is 2.36. The Morgan fingerprint density at radius 1 is 1.17 bits per heavy atom. The van der Waals surface area contributed by atoms with Gasteiger partial charge in [0.1, 0.15) is 17.9 Å². The molecule has 0 aliphatic carbocycles. The van der Waals surface area contributed by atoms with E-state index in [0.717, 1.165) is 10.5 Å². The van der Waals surface area contributed by atoms with Crippen molar-refractivity contribution < 1.29 is 24.2 Å². The van der Waals surface area contributed by atoms with E-state index < -0.39 is 22.0 Å². The standard InChI is InChI=1S/C27H33N3O5S/c1-5-35-21-10-11-22-18(16-21)13-14-30(24(31)7-6-8-25(32)33)26(22)27(34)29-20-9-12-23(36(2,3)4)19(15-20)17-28/h9-12,15-16,26H,5-8,13-14H2,1-4H3,(H,29,34)(H,32,33)/t26-/m1/s1. The molecule has 1 atom stereocenters. The molecule has 2 aromatic rings. The van der Waals surface area contributed by atoms with E-state index in [-0.39, 0.29) is 31.1 Å². The van der Waals surface area contributed by atoms with Crippen LogP contribution in [0.4, 0.5) is 5.69 Å². The number of anilines is 1. The number of nitrogens with one attached hydrogen (secondary N) is 1. The molecule has 3 rings (SSSR count). The number of carbonyl (C=O) groups excluding carboxylic acids is 2. The SMILES string of the molecule is CCOc1ccc2c(c1)CCN(C(=O)CCCC(=O)O)[C@H]2C(=O)Nc1ccc(S(C)(C)C)c(C#N)c1. The van der Waals surface area contributed by atoms with E-state index in [9.17, 15) is 19.6 Å². The van der Waals surface area contributed by atoms with Crippen LogP contribution < -0.4 is 10.1 Å². The van der Waals surface area contributed by atoms with Crippen LogP contribution in [0.25, 0.3) is 0 Å². The average molecular weight is 512 g/mol. The third-order valence-corrected chi connectivity index (χ3v) is 7.71. The third kappa shape index (κ3) is 6.38. The van der Waals surface area contributed by atoms with Gasteiger partial charge in [-0.1, -0.05) is 6.07 Å². The monoisotopic (exact) mass is 511 g/mol. The summed E-state index contributed by atoms with van der Waals surface area (Å²) in [5, 5.41) is 21.5. The lowest BCUT2D eigenvalue weighted by molar-refractivity contribution is -0.140. The van der Waals surface area contributed by atoms with Crippen LogP contribution in [0.3, 0.4) is 0 Å². The number of carbonyl (C=O) groups is 3. The summed E-state index contributed by atoms with van der Waals surface area (Å²) in [7, 11) is -1.14. The van der Waals surface area contributed by atoms with Crippen LogP contribution in [0.2, 0.25) is 0 Å². The van der Waals surface area contributed by atoms with Gasteiger partial charge in [0, 0.05) is 30.0 Å². The van der Waals surface area contributed by atoms with Crippen molar-refractivity contribution in [1.29, 1.82) is 5.26 Å². The minimum absolute atomic E-state index is 0.0457. The first kappa shape index (κ1) is 27.1. The van der Waals surface area contributed by atoms with E-state index in [4.69, 9.17) is 9.84 Å². The average Bonchev–Trinajstić information content (AvgIpc) is 2.82. The van der Waals surface area contributed by atoms with Crippen LogP contribution in [-0.2, 0) is 20.8 Å². The summed E-state index contributed by atoms with van der Waals surface area (Å²) < 4.78 is 5.61. The summed E-state index contributed by atoms with van der Waals surface area (Å²) in [5.74, 6) is -0.902. The van der Waals surface area contributed by atoms with Crippen molar-refractivity contribution in [2.24, 2.45) is 0 Å². The molecular formula is C27H33N3O5S. The van der Waals surface area contributed by atoms with Crippen LogP contribution in [0.5, 0.6) is 5.75 Å². The number of nitrogens with zero attached hydrogens (tertiary/aromatic N) is 2. The molecular weight excluding hydrogens is 478 g/mol. The highest BCUT2D eigenvalue weighted by Crippen LogP contribution is 2.47. The Morgan fingerprint density at radius 3 is 2.56 bits per heavy atom. The second-order valence-electron chi connectivity index (χ2n) is 9.43. The van der Waals surface area contributed by atoms with Gasteiger partial charge >= 0.3 is 5.97 Å². The maximum Gasteiger partial charge on any atom is 0.303 e. The highest BCUT2D eigenvalue weighted by atomic mass is 32.3. The molecule has 36 heavy (non-hydrogen) atoms. The predicted molar refractivity (Wildman–Crippen MR) is 141 cm³/mol. The van der Waals surface area contributed by atoms with Gasteiger partial charge in [0.05, 0.1) is 12.2 Å². The molecule has 2 aromatic carbocycles. The largest absolute Gasteiger partial charge is 0.494 e. The molecule has 0 aromatic heterocycles. The first-order valence-corrected chi connectivity index (χ1v) is 14.7. The summed E-state index contributed by atoms with van der Waals surface area (Å²) in [6.45, 7) is 2.75. The molecule has 1 aliphatic rings. The molecule has 8 nitrogen and oxygen atoms in total. The molecule has 0 saturated heterocycles. The highest BCUT2D eigenvalue weighted by molar-refractivity contribution is 8.32. The number of rotatable bonds is 9. The van der Waals surface area contributed by atoms with E-state index >= 15 is 0 Å². The number of fused-ring (bicyclic) bond motifs is 1. The quantitative estimate of drug-likeness (QED) is 0.517. The van der Waals surface area contributed by atoms with Crippen molar-refractivity contribution >= 4 is 33.5 Å². The summed E-state index contributed by atoms with van der Waals surface area (Å²) in [4.78, 5) is 40.1. The van der Waals surface area contributed by atoms with Crippen LogP contribution >= 0.6 is 10.0 Å². The predicted octanol–water partition coefficient (Wildman–Crippen LogP) is 4.33. The van der Waals surface area contributed by atoms with Crippen molar-refractivity contribution in [3.8, 4) is 11.8 Å². The smallest absolute Gasteiger partial charge is 0.303 e. The minimum atomic E-state index is -1.14. The van der Waals surface area contributed by atoms with Gasteiger partial charge in [-0.15, -0.1) is 0 Å². The molecule has 0 fully saturated rings. The summed E-state index contributed by atoms with van der Waals surface area (Å²) >= 11 is 0. The number of amides is 2. The topological polar surface area (TPSA) is 120 Å². The zero-order valence-corrected chi connectivity index (χ0v) is 22.0. The van der Waals surface area contributed by atoms with Gasteiger partial charge in [0.2, 0.25) is 5.91 Å². The lowest BCUT2D eigenvalue weighted by Gasteiger charge is -2.36. The molecule has 0 saturated carbocycles. The fourth-order valence-electron chi connectivity index (χ4n) is 4.39. The summed E-state index contributed by atoms with van der Waals surface area (Å²) in [5.41, 5.74) is 2.65. The Morgan fingerprint density at radius 2 is 1.92 bits per heavy atom. The number of aliphatic carboxylic acids is 1. The van der Waals surface area contributed by atoms with Crippen LogP contribution in [-0.4, -0.2) is 59.7 Å². The normalized spacial score (nSPS) is 15.4. The fourth-order valence-corrected chi connectivity index (χ4v) is 5.63. The van der Waals surface area contributed by atoms with E-state index in [1.165, 1.54) is 4.90 Å². The lowest BCUT2D eigenvalue weighted by Crippen LogP contribution is -2.45. The van der Waals surface area contributed by atoms with Gasteiger partial charge in [0.25, 0.3) is 5.91 Å². The van der Waals surface area contributed by atoms with Gasteiger partial charge in [-0.05, 0) is 80.0 Å². The molecule has 1 aliphatic heterocycles. The van der Waals surface area contributed by atoms with Crippen molar-refractivity contribution in [2.45, 2.75) is 43.5 Å².